The monoisotopic (exact) mass is 348 g/mol. The first kappa shape index (κ1) is 17.6. The van der Waals surface area contributed by atoms with E-state index in [1.54, 1.807) is 6.08 Å². The summed E-state index contributed by atoms with van der Waals surface area (Å²) in [5.74, 6) is 0.0491. The van der Waals surface area contributed by atoms with Crippen LogP contribution in [-0.4, -0.2) is 26.9 Å². The SMILES string of the molecule is O=C/C=C/c1ccc2c(c1)nc(CCc1ccccc1)n2CCC(=O)O. The molecule has 0 radical (unpaired) electrons. The van der Waals surface area contributed by atoms with Crippen LogP contribution < -0.4 is 0 Å². The van der Waals surface area contributed by atoms with Gasteiger partial charge in [0.25, 0.3) is 0 Å². The molecule has 0 aliphatic heterocycles. The van der Waals surface area contributed by atoms with Crippen LogP contribution in [0.5, 0.6) is 0 Å². The first-order chi connectivity index (χ1) is 12.7. The molecular weight excluding hydrogens is 328 g/mol. The molecule has 5 heteroatoms. The number of aldehydes is 1. The van der Waals surface area contributed by atoms with Gasteiger partial charge in [-0.1, -0.05) is 42.5 Å². The molecule has 0 atom stereocenters. The number of carbonyl (C=O) groups is 2. The zero-order chi connectivity index (χ0) is 18.4. The lowest BCUT2D eigenvalue weighted by molar-refractivity contribution is -0.137. The Balaban J connectivity index is 1.92. The first-order valence-corrected chi connectivity index (χ1v) is 8.54. The molecule has 0 aliphatic rings. The highest BCUT2D eigenvalue weighted by Gasteiger charge is 2.12. The fourth-order valence-electron chi connectivity index (χ4n) is 3.00. The molecule has 0 bridgehead atoms. The number of aliphatic carboxylic acids is 1. The van der Waals surface area contributed by atoms with Crippen LogP contribution in [0.25, 0.3) is 17.1 Å². The molecule has 1 aromatic heterocycles. The highest BCUT2D eigenvalue weighted by molar-refractivity contribution is 5.81. The van der Waals surface area contributed by atoms with Gasteiger partial charge < -0.3 is 9.67 Å². The number of allylic oxidation sites excluding steroid dienone is 1. The molecular formula is C21H20N2O3. The van der Waals surface area contributed by atoms with E-state index in [1.807, 2.05) is 41.0 Å². The Kier molecular flexibility index (Phi) is 5.59. The molecule has 2 aromatic carbocycles. The van der Waals surface area contributed by atoms with E-state index in [9.17, 15) is 9.59 Å². The minimum absolute atomic E-state index is 0.0522. The predicted molar refractivity (Wildman–Crippen MR) is 101 cm³/mol. The Morgan fingerprint density at radius 3 is 2.65 bits per heavy atom. The average molecular weight is 348 g/mol. The summed E-state index contributed by atoms with van der Waals surface area (Å²) in [5, 5.41) is 9.05. The molecule has 0 amide bonds. The van der Waals surface area contributed by atoms with Gasteiger partial charge in [-0.3, -0.25) is 9.59 Å². The Hall–Kier alpha value is -3.21. The van der Waals surface area contributed by atoms with E-state index >= 15 is 0 Å². The van der Waals surface area contributed by atoms with Gasteiger partial charge in [0.15, 0.2) is 0 Å². The molecule has 0 fully saturated rings. The topological polar surface area (TPSA) is 72.2 Å². The number of aromatic nitrogens is 2. The second kappa shape index (κ2) is 8.25. The van der Waals surface area contributed by atoms with Crippen LogP contribution in [0.15, 0.2) is 54.6 Å². The summed E-state index contributed by atoms with van der Waals surface area (Å²) in [5.41, 5.74) is 3.84. The zero-order valence-corrected chi connectivity index (χ0v) is 14.3. The highest BCUT2D eigenvalue weighted by atomic mass is 16.4. The molecule has 1 N–H and O–H groups in total. The van der Waals surface area contributed by atoms with Crippen molar-refractivity contribution >= 4 is 29.4 Å². The number of aryl methyl sites for hydroxylation is 3. The maximum absolute atomic E-state index is 11.0. The molecule has 0 unspecified atom stereocenters. The second-order valence-electron chi connectivity index (χ2n) is 6.05. The molecule has 1 heterocycles. The third kappa shape index (κ3) is 4.25. The van der Waals surface area contributed by atoms with E-state index in [0.717, 1.165) is 41.5 Å². The number of fused-ring (bicyclic) bond motifs is 1. The van der Waals surface area contributed by atoms with Gasteiger partial charge in [0, 0.05) is 13.0 Å². The number of imidazole rings is 1. The largest absolute Gasteiger partial charge is 0.481 e. The molecule has 0 spiro atoms. The lowest BCUT2D eigenvalue weighted by Gasteiger charge is -2.08. The van der Waals surface area contributed by atoms with Crippen LogP contribution in [0, 0.1) is 0 Å². The summed E-state index contributed by atoms with van der Waals surface area (Å²) in [4.78, 5) is 26.2. The molecule has 3 aromatic rings. The number of carboxylic acids is 1. The van der Waals surface area contributed by atoms with Gasteiger partial charge >= 0.3 is 5.97 Å². The Morgan fingerprint density at radius 2 is 1.92 bits per heavy atom. The summed E-state index contributed by atoms with van der Waals surface area (Å²) in [6, 6.07) is 15.9. The van der Waals surface area contributed by atoms with E-state index in [0.29, 0.717) is 6.54 Å². The van der Waals surface area contributed by atoms with Crippen molar-refractivity contribution in [2.45, 2.75) is 25.8 Å². The van der Waals surface area contributed by atoms with Crippen LogP contribution in [0.4, 0.5) is 0 Å². The van der Waals surface area contributed by atoms with Crippen molar-refractivity contribution in [3.63, 3.8) is 0 Å². The Morgan fingerprint density at radius 1 is 1.12 bits per heavy atom. The molecule has 26 heavy (non-hydrogen) atoms. The van der Waals surface area contributed by atoms with Crippen LogP contribution in [-0.2, 0) is 29.0 Å². The number of carboxylic acid groups (broad SMARTS) is 1. The minimum atomic E-state index is -0.827. The minimum Gasteiger partial charge on any atom is -0.481 e. The Bertz CT molecular complexity index is 943. The number of rotatable bonds is 8. The van der Waals surface area contributed by atoms with Crippen molar-refractivity contribution < 1.29 is 14.7 Å². The highest BCUT2D eigenvalue weighted by Crippen LogP contribution is 2.20. The maximum Gasteiger partial charge on any atom is 0.305 e. The fraction of sp³-hybridized carbons (Fsp3) is 0.190. The summed E-state index contributed by atoms with van der Waals surface area (Å²) in [6.45, 7) is 0.388. The molecule has 0 saturated carbocycles. The zero-order valence-electron chi connectivity index (χ0n) is 14.3. The standard InChI is InChI=1S/C21H20N2O3/c24-14-4-7-17-8-10-19-18(15-17)22-20(23(19)13-12-21(25)26)11-9-16-5-2-1-3-6-16/h1-8,10,14-15H,9,11-13H2,(H,25,26)/b7-4+. The van der Waals surface area contributed by atoms with Crippen LogP contribution in [0.2, 0.25) is 0 Å². The summed E-state index contributed by atoms with van der Waals surface area (Å²) in [7, 11) is 0. The first-order valence-electron chi connectivity index (χ1n) is 8.54. The van der Waals surface area contributed by atoms with Crippen molar-refractivity contribution in [3.8, 4) is 0 Å². The second-order valence-corrected chi connectivity index (χ2v) is 6.05. The van der Waals surface area contributed by atoms with E-state index in [2.05, 4.69) is 12.1 Å². The lowest BCUT2D eigenvalue weighted by atomic mass is 10.1. The van der Waals surface area contributed by atoms with Gasteiger partial charge in [-0.15, -0.1) is 0 Å². The summed E-state index contributed by atoms with van der Waals surface area (Å²) < 4.78 is 1.99. The summed E-state index contributed by atoms with van der Waals surface area (Å²) in [6.07, 6.45) is 5.54. The smallest absolute Gasteiger partial charge is 0.305 e. The predicted octanol–water partition coefficient (Wildman–Crippen LogP) is 3.51. The number of carbonyl (C=O) groups excluding carboxylic acids is 1. The number of nitrogens with zero attached hydrogens (tertiary/aromatic N) is 2. The fourth-order valence-corrected chi connectivity index (χ4v) is 3.00. The third-order valence-corrected chi connectivity index (χ3v) is 4.25. The molecule has 132 valence electrons. The van der Waals surface area contributed by atoms with Crippen molar-refractivity contribution in [1.29, 1.82) is 0 Å². The van der Waals surface area contributed by atoms with Crippen molar-refractivity contribution in [2.24, 2.45) is 0 Å². The maximum atomic E-state index is 11.0. The van der Waals surface area contributed by atoms with Gasteiger partial charge in [0.1, 0.15) is 12.1 Å². The normalized spacial score (nSPS) is 11.2. The average Bonchev–Trinajstić information content (AvgIpc) is 3.00. The summed E-state index contributed by atoms with van der Waals surface area (Å²) >= 11 is 0. The number of hydrogen-bond acceptors (Lipinski definition) is 3. The lowest BCUT2D eigenvalue weighted by Crippen LogP contribution is -2.09. The number of hydrogen-bond donors (Lipinski definition) is 1. The van der Waals surface area contributed by atoms with Crippen molar-refractivity contribution in [1.82, 2.24) is 9.55 Å². The Labute approximate surface area is 151 Å². The van der Waals surface area contributed by atoms with Gasteiger partial charge in [-0.05, 0) is 35.8 Å². The quantitative estimate of drug-likeness (QED) is 0.499. The molecule has 0 aliphatic carbocycles. The van der Waals surface area contributed by atoms with Crippen LogP contribution in [0.3, 0.4) is 0 Å². The van der Waals surface area contributed by atoms with Gasteiger partial charge in [-0.2, -0.15) is 0 Å². The van der Waals surface area contributed by atoms with Crippen molar-refractivity contribution in [2.75, 3.05) is 0 Å². The molecule has 3 rings (SSSR count). The van der Waals surface area contributed by atoms with E-state index in [1.165, 1.54) is 11.6 Å². The van der Waals surface area contributed by atoms with Gasteiger partial charge in [0.05, 0.1) is 17.5 Å². The molecule has 0 saturated heterocycles. The van der Waals surface area contributed by atoms with Crippen molar-refractivity contribution in [3.05, 3.63) is 71.6 Å². The van der Waals surface area contributed by atoms with Gasteiger partial charge in [0.2, 0.25) is 0 Å². The van der Waals surface area contributed by atoms with Gasteiger partial charge in [-0.25, -0.2) is 4.98 Å². The van der Waals surface area contributed by atoms with E-state index < -0.39 is 5.97 Å². The van der Waals surface area contributed by atoms with E-state index in [4.69, 9.17) is 10.1 Å². The number of benzene rings is 2. The molecule has 5 nitrogen and oxygen atoms in total. The van der Waals surface area contributed by atoms with E-state index in [-0.39, 0.29) is 6.42 Å². The van der Waals surface area contributed by atoms with Crippen LogP contribution in [0.1, 0.15) is 23.4 Å². The van der Waals surface area contributed by atoms with Crippen LogP contribution >= 0.6 is 0 Å². The third-order valence-electron chi connectivity index (χ3n) is 4.25.